The topological polar surface area (TPSA) is 60.2 Å². The quantitative estimate of drug-likeness (QED) is 0.487. The number of carbonyl (C=O) groups is 1. The Morgan fingerprint density at radius 1 is 1.50 bits per heavy atom. The van der Waals surface area contributed by atoms with E-state index in [-0.39, 0.29) is 4.47 Å². The van der Waals surface area contributed by atoms with E-state index in [9.17, 15) is 23.7 Å². The zero-order valence-corrected chi connectivity index (χ0v) is 9.62. The molecule has 0 saturated carbocycles. The van der Waals surface area contributed by atoms with Crippen molar-refractivity contribution >= 4 is 27.4 Å². The minimum Gasteiger partial charge on any atom is -0.294 e. The number of alkyl halides is 2. The minimum atomic E-state index is -2.95. The van der Waals surface area contributed by atoms with Crippen molar-refractivity contribution in [1.82, 2.24) is 0 Å². The van der Waals surface area contributed by atoms with Gasteiger partial charge in [-0.15, -0.1) is 0 Å². The fourth-order valence-electron chi connectivity index (χ4n) is 1.32. The molecule has 0 atom stereocenters. The number of nitrogens with zero attached hydrogens (tertiary/aromatic N) is 1. The molecule has 0 aliphatic carbocycles. The van der Waals surface area contributed by atoms with Gasteiger partial charge in [-0.1, -0.05) is 15.9 Å². The molecule has 0 amide bonds. The van der Waals surface area contributed by atoms with E-state index in [1.807, 2.05) is 0 Å². The van der Waals surface area contributed by atoms with E-state index in [0.29, 0.717) is 0 Å². The van der Waals surface area contributed by atoms with E-state index in [1.54, 1.807) is 0 Å². The van der Waals surface area contributed by atoms with Crippen LogP contribution in [0.5, 0.6) is 0 Å². The molecule has 0 unspecified atom stereocenters. The Morgan fingerprint density at radius 3 is 2.44 bits per heavy atom. The zero-order chi connectivity index (χ0) is 12.5. The average molecular weight is 294 g/mol. The predicted octanol–water partition coefficient (Wildman–Crippen LogP) is 3.50. The van der Waals surface area contributed by atoms with Gasteiger partial charge in [0, 0.05) is 16.1 Å². The van der Waals surface area contributed by atoms with Crippen molar-refractivity contribution in [3.05, 3.63) is 37.8 Å². The first-order chi connectivity index (χ1) is 7.36. The van der Waals surface area contributed by atoms with Crippen LogP contribution in [-0.4, -0.2) is 10.7 Å². The molecule has 0 spiro atoms. The van der Waals surface area contributed by atoms with E-state index in [4.69, 9.17) is 0 Å². The van der Waals surface area contributed by atoms with Gasteiger partial charge in [0.15, 0.2) is 5.78 Å². The van der Waals surface area contributed by atoms with Crippen molar-refractivity contribution in [1.29, 1.82) is 0 Å². The standard InChI is InChI=1S/C9H6BrF2NO3/c1-4(14)7-6(13(15)16)3-2-5(10)8(7)9(11)12/h2-3,9H,1H3. The molecule has 0 saturated heterocycles. The molecule has 0 heterocycles. The van der Waals surface area contributed by atoms with Gasteiger partial charge in [0.05, 0.1) is 4.92 Å². The van der Waals surface area contributed by atoms with Gasteiger partial charge in [-0.05, 0) is 13.0 Å². The Bertz CT molecular complexity index is 462. The fraction of sp³-hybridized carbons (Fsp3) is 0.222. The van der Waals surface area contributed by atoms with Crippen LogP contribution in [0.2, 0.25) is 0 Å². The second-order valence-corrected chi connectivity index (χ2v) is 3.82. The van der Waals surface area contributed by atoms with Gasteiger partial charge < -0.3 is 0 Å². The number of benzene rings is 1. The lowest BCUT2D eigenvalue weighted by molar-refractivity contribution is -0.385. The Hall–Kier alpha value is -1.37. The molecule has 0 bridgehead atoms. The summed E-state index contributed by atoms with van der Waals surface area (Å²) in [5.74, 6) is -0.761. The third-order valence-electron chi connectivity index (χ3n) is 1.94. The number of carbonyl (C=O) groups excluding carboxylic acids is 1. The van der Waals surface area contributed by atoms with Crippen molar-refractivity contribution in [2.45, 2.75) is 13.3 Å². The maximum absolute atomic E-state index is 12.7. The summed E-state index contributed by atoms with van der Waals surface area (Å²) >= 11 is 2.84. The molecular weight excluding hydrogens is 288 g/mol. The fourth-order valence-corrected chi connectivity index (χ4v) is 1.82. The van der Waals surface area contributed by atoms with Gasteiger partial charge in [0.25, 0.3) is 12.1 Å². The third kappa shape index (κ3) is 2.24. The molecule has 1 aromatic rings. The summed E-state index contributed by atoms with van der Waals surface area (Å²) in [6.07, 6.45) is -2.95. The summed E-state index contributed by atoms with van der Waals surface area (Å²) in [6.45, 7) is 1.01. The summed E-state index contributed by atoms with van der Waals surface area (Å²) in [4.78, 5) is 20.9. The van der Waals surface area contributed by atoms with E-state index in [0.717, 1.165) is 19.1 Å². The summed E-state index contributed by atoms with van der Waals surface area (Å²) in [7, 11) is 0. The van der Waals surface area contributed by atoms with Gasteiger partial charge in [0.1, 0.15) is 5.56 Å². The molecule has 0 aliphatic rings. The summed E-state index contributed by atoms with van der Waals surface area (Å²) < 4.78 is 25.4. The Kier molecular flexibility index (Phi) is 3.69. The molecule has 0 aromatic heterocycles. The summed E-state index contributed by atoms with van der Waals surface area (Å²) in [6, 6.07) is 2.15. The van der Waals surface area contributed by atoms with Crippen LogP contribution in [0.3, 0.4) is 0 Å². The molecule has 16 heavy (non-hydrogen) atoms. The Morgan fingerprint density at radius 2 is 2.06 bits per heavy atom. The van der Waals surface area contributed by atoms with Crippen molar-refractivity contribution in [2.75, 3.05) is 0 Å². The maximum atomic E-state index is 12.7. The van der Waals surface area contributed by atoms with Gasteiger partial charge >= 0.3 is 0 Å². The van der Waals surface area contributed by atoms with Crippen LogP contribution in [0.4, 0.5) is 14.5 Å². The van der Waals surface area contributed by atoms with Crippen molar-refractivity contribution in [3.63, 3.8) is 0 Å². The van der Waals surface area contributed by atoms with Crippen LogP contribution in [0.1, 0.15) is 29.3 Å². The van der Waals surface area contributed by atoms with E-state index in [1.165, 1.54) is 0 Å². The third-order valence-corrected chi connectivity index (χ3v) is 2.63. The summed E-state index contributed by atoms with van der Waals surface area (Å²) in [5, 5.41) is 10.6. The molecular formula is C9H6BrF2NO3. The number of halogens is 3. The maximum Gasteiger partial charge on any atom is 0.280 e. The lowest BCUT2D eigenvalue weighted by Gasteiger charge is -2.08. The molecule has 0 fully saturated rings. The highest BCUT2D eigenvalue weighted by Gasteiger charge is 2.28. The number of nitro benzene ring substituents is 1. The highest BCUT2D eigenvalue weighted by molar-refractivity contribution is 9.10. The van der Waals surface area contributed by atoms with Crippen molar-refractivity contribution in [2.24, 2.45) is 0 Å². The van der Waals surface area contributed by atoms with Crippen molar-refractivity contribution in [3.8, 4) is 0 Å². The van der Waals surface area contributed by atoms with Gasteiger partial charge in [-0.25, -0.2) is 8.78 Å². The van der Waals surface area contributed by atoms with Crippen molar-refractivity contribution < 1.29 is 18.5 Å². The van der Waals surface area contributed by atoms with Crippen LogP contribution in [0.15, 0.2) is 16.6 Å². The summed E-state index contributed by atoms with van der Waals surface area (Å²) in [5.41, 5.74) is -1.79. The highest BCUT2D eigenvalue weighted by Crippen LogP contribution is 2.35. The Balaban J connectivity index is 3.63. The number of nitro groups is 1. The molecule has 1 rings (SSSR count). The van der Waals surface area contributed by atoms with Crippen LogP contribution >= 0.6 is 15.9 Å². The molecule has 0 radical (unpaired) electrons. The molecule has 0 N–H and O–H groups in total. The van der Waals surface area contributed by atoms with E-state index in [2.05, 4.69) is 15.9 Å². The second kappa shape index (κ2) is 4.65. The van der Waals surface area contributed by atoms with Gasteiger partial charge in [0.2, 0.25) is 0 Å². The SMILES string of the molecule is CC(=O)c1c([N+](=O)[O-])ccc(Br)c1C(F)F. The minimum absolute atomic E-state index is 0.0155. The number of rotatable bonds is 3. The second-order valence-electron chi connectivity index (χ2n) is 2.97. The first-order valence-corrected chi connectivity index (χ1v) is 4.91. The smallest absolute Gasteiger partial charge is 0.280 e. The molecule has 7 heteroatoms. The number of hydrogen-bond acceptors (Lipinski definition) is 3. The lowest BCUT2D eigenvalue weighted by atomic mass is 10.0. The predicted molar refractivity (Wildman–Crippen MR) is 55.8 cm³/mol. The highest BCUT2D eigenvalue weighted by atomic mass is 79.9. The number of ketones is 1. The number of hydrogen-bond donors (Lipinski definition) is 0. The molecule has 4 nitrogen and oxygen atoms in total. The number of Topliss-reactive ketones (excluding diaryl/α,β-unsaturated/α-hetero) is 1. The van der Waals surface area contributed by atoms with Gasteiger partial charge in [-0.2, -0.15) is 0 Å². The monoisotopic (exact) mass is 293 g/mol. The normalized spacial score (nSPS) is 10.6. The molecule has 1 aromatic carbocycles. The first kappa shape index (κ1) is 12.7. The van der Waals surface area contributed by atoms with Crippen LogP contribution in [0.25, 0.3) is 0 Å². The van der Waals surface area contributed by atoms with Crippen LogP contribution in [-0.2, 0) is 0 Å². The van der Waals surface area contributed by atoms with Crippen LogP contribution in [0, 0.1) is 10.1 Å². The average Bonchev–Trinajstić information content (AvgIpc) is 2.15. The molecule has 86 valence electrons. The first-order valence-electron chi connectivity index (χ1n) is 4.12. The molecule has 0 aliphatic heterocycles. The Labute approximate surface area is 97.5 Å². The van der Waals surface area contributed by atoms with Gasteiger partial charge in [-0.3, -0.25) is 14.9 Å². The lowest BCUT2D eigenvalue weighted by Crippen LogP contribution is -2.06. The zero-order valence-electron chi connectivity index (χ0n) is 8.04. The van der Waals surface area contributed by atoms with E-state index >= 15 is 0 Å². The van der Waals surface area contributed by atoms with E-state index < -0.39 is 33.9 Å². The van der Waals surface area contributed by atoms with Crippen LogP contribution < -0.4 is 0 Å². The largest absolute Gasteiger partial charge is 0.294 e.